The van der Waals surface area contributed by atoms with Gasteiger partial charge in [0, 0.05) is 6.42 Å². The number of hydrogen-bond acceptors (Lipinski definition) is 5. The van der Waals surface area contributed by atoms with Crippen LogP contribution in [-0.4, -0.2) is 61.6 Å². The van der Waals surface area contributed by atoms with Gasteiger partial charge in [-0.25, -0.2) is 0 Å². The molecule has 0 aromatic carbocycles. The lowest BCUT2D eigenvalue weighted by atomic mass is 9.94. The molecule has 32 heavy (non-hydrogen) atoms. The van der Waals surface area contributed by atoms with E-state index in [1.54, 1.807) is 0 Å². The van der Waals surface area contributed by atoms with Gasteiger partial charge in [-0.15, -0.1) is 0 Å². The van der Waals surface area contributed by atoms with Crippen LogP contribution in [0, 0.1) is 5.92 Å². The van der Waals surface area contributed by atoms with E-state index >= 15 is 0 Å². The molecule has 5 nitrogen and oxygen atoms in total. The first-order valence-electron chi connectivity index (χ1n) is 12.3. The van der Waals surface area contributed by atoms with Crippen molar-refractivity contribution >= 4 is 24.6 Å². The maximum Gasteiger partial charge on any atom is 0.309 e. The molecule has 0 radical (unpaired) electrons. The number of esters is 2. The molecule has 0 aliphatic carbocycles. The molecule has 0 saturated heterocycles. The Hall–Kier alpha value is -0.270. The average Bonchev–Trinajstić information content (AvgIpc) is 2.68. The number of unbranched alkanes of at least 4 members (excludes halogenated alkanes) is 8. The Morgan fingerprint density at radius 1 is 0.938 bits per heavy atom. The van der Waals surface area contributed by atoms with Crippen LogP contribution in [0.2, 0.25) is 0 Å². The van der Waals surface area contributed by atoms with Gasteiger partial charge in [-0.2, -0.15) is 12.6 Å². The smallest absolute Gasteiger partial charge is 0.309 e. The highest BCUT2D eigenvalue weighted by molar-refractivity contribution is 7.80. The molecule has 0 heterocycles. The molecule has 0 rings (SSSR count). The third-order valence-electron chi connectivity index (χ3n) is 5.93. The molecule has 0 saturated carbocycles. The zero-order valence-corrected chi connectivity index (χ0v) is 24.1. The summed E-state index contributed by atoms with van der Waals surface area (Å²) in [4.78, 5) is 24.5. The summed E-state index contributed by atoms with van der Waals surface area (Å²) >= 11 is 4.23. The van der Waals surface area contributed by atoms with E-state index in [4.69, 9.17) is 9.47 Å². The molecule has 0 bridgehead atoms. The summed E-state index contributed by atoms with van der Waals surface area (Å²) in [7, 11) is 4.23. The fourth-order valence-corrected chi connectivity index (χ4v) is 3.76. The van der Waals surface area contributed by atoms with Crippen molar-refractivity contribution in [1.29, 1.82) is 0 Å². The van der Waals surface area contributed by atoms with Crippen molar-refractivity contribution in [3.05, 3.63) is 0 Å². The van der Waals surface area contributed by atoms with E-state index in [2.05, 4.69) is 33.6 Å². The van der Waals surface area contributed by atoms with Crippen molar-refractivity contribution < 1.29 is 40.5 Å². The highest BCUT2D eigenvalue weighted by Gasteiger charge is 2.29. The predicted molar refractivity (Wildman–Crippen MR) is 132 cm³/mol. The van der Waals surface area contributed by atoms with Gasteiger partial charge in [0.2, 0.25) is 0 Å². The van der Waals surface area contributed by atoms with Crippen LogP contribution in [0.5, 0.6) is 0 Å². The Bertz CT molecular complexity index is 500. The van der Waals surface area contributed by atoms with Crippen LogP contribution < -0.4 is 17.0 Å². The number of nitrogens with zero attached hydrogens (tertiary/aromatic N) is 1. The first kappa shape index (κ1) is 33.9. The van der Waals surface area contributed by atoms with E-state index in [0.29, 0.717) is 19.4 Å². The van der Waals surface area contributed by atoms with Gasteiger partial charge in [-0.05, 0) is 45.8 Å². The van der Waals surface area contributed by atoms with Crippen LogP contribution in [0.15, 0.2) is 0 Å². The maximum atomic E-state index is 12.3. The minimum Gasteiger partial charge on any atom is -1.00 e. The number of ether oxygens (including phenoxy) is 2. The van der Waals surface area contributed by atoms with Gasteiger partial charge < -0.3 is 30.9 Å². The summed E-state index contributed by atoms with van der Waals surface area (Å²) in [6, 6.07) is 0. The van der Waals surface area contributed by atoms with Gasteiger partial charge in [0.1, 0.15) is 18.8 Å². The third-order valence-corrected chi connectivity index (χ3v) is 6.24. The second kappa shape index (κ2) is 19.1. The number of carbonyl (C=O) groups is 2. The number of rotatable bonds is 19. The van der Waals surface area contributed by atoms with Gasteiger partial charge in [-0.3, -0.25) is 9.59 Å². The molecular weight excluding hydrogens is 490 g/mol. The zero-order valence-electron chi connectivity index (χ0n) is 21.6. The lowest BCUT2D eigenvalue weighted by Crippen LogP contribution is -3.00. The highest BCUT2D eigenvalue weighted by Crippen LogP contribution is 2.23. The average molecular weight is 541 g/mol. The van der Waals surface area contributed by atoms with Crippen molar-refractivity contribution in [1.82, 2.24) is 0 Å². The Labute approximate surface area is 214 Å². The number of hydrogen-bond donors (Lipinski definition) is 1. The van der Waals surface area contributed by atoms with Crippen molar-refractivity contribution in [3.63, 3.8) is 0 Å². The fourth-order valence-electron chi connectivity index (χ4n) is 3.53. The van der Waals surface area contributed by atoms with E-state index in [-0.39, 0.29) is 34.8 Å². The number of halogens is 1. The second-order valence-corrected chi connectivity index (χ2v) is 10.6. The van der Waals surface area contributed by atoms with Gasteiger partial charge >= 0.3 is 11.9 Å². The van der Waals surface area contributed by atoms with Gasteiger partial charge in [0.05, 0.1) is 26.6 Å². The van der Waals surface area contributed by atoms with Crippen molar-refractivity contribution in [3.8, 4) is 0 Å². The Kier molecular flexibility index (Phi) is 20.2. The molecule has 0 fully saturated rings. The largest absolute Gasteiger partial charge is 1.00 e. The molecule has 0 aliphatic heterocycles. The second-order valence-electron chi connectivity index (χ2n) is 10.1. The van der Waals surface area contributed by atoms with Gasteiger partial charge in [0.25, 0.3) is 0 Å². The van der Waals surface area contributed by atoms with Crippen LogP contribution >= 0.6 is 12.6 Å². The molecule has 192 valence electrons. The molecule has 7 heteroatoms. The summed E-state index contributed by atoms with van der Waals surface area (Å²) < 4.78 is 11.9. The maximum absolute atomic E-state index is 12.3. The summed E-state index contributed by atoms with van der Waals surface area (Å²) in [5, 5.41) is 0. The van der Waals surface area contributed by atoms with Crippen LogP contribution in [0.4, 0.5) is 0 Å². The summed E-state index contributed by atoms with van der Waals surface area (Å²) in [6.45, 7) is 9.92. The number of thiol groups is 1. The Morgan fingerprint density at radius 3 is 1.94 bits per heavy atom. The van der Waals surface area contributed by atoms with Crippen LogP contribution in [0.3, 0.4) is 0 Å². The molecule has 0 aliphatic rings. The summed E-state index contributed by atoms with van der Waals surface area (Å²) in [5.74, 6) is 0.310. The zero-order chi connectivity index (χ0) is 23.8. The van der Waals surface area contributed by atoms with Crippen molar-refractivity contribution in [2.75, 3.05) is 39.5 Å². The third kappa shape index (κ3) is 19.2. The first-order valence-corrected chi connectivity index (χ1v) is 13.0. The van der Waals surface area contributed by atoms with Gasteiger partial charge in [-0.1, -0.05) is 51.9 Å². The van der Waals surface area contributed by atoms with E-state index in [1.807, 2.05) is 20.8 Å². The van der Waals surface area contributed by atoms with Crippen LogP contribution in [-0.2, 0) is 19.1 Å². The lowest BCUT2D eigenvalue weighted by Gasteiger charge is -2.29. The van der Waals surface area contributed by atoms with E-state index in [1.165, 1.54) is 44.9 Å². The van der Waals surface area contributed by atoms with E-state index < -0.39 is 5.60 Å². The van der Waals surface area contributed by atoms with Crippen molar-refractivity contribution in [2.45, 2.75) is 104 Å². The molecule has 0 amide bonds. The first-order chi connectivity index (χ1) is 14.5. The van der Waals surface area contributed by atoms with Crippen LogP contribution in [0.25, 0.3) is 0 Å². The summed E-state index contributed by atoms with van der Waals surface area (Å²) in [6.07, 6.45) is 11.7. The quantitative estimate of drug-likeness (QED) is 0.119. The van der Waals surface area contributed by atoms with Crippen molar-refractivity contribution in [2.24, 2.45) is 5.92 Å². The molecule has 0 spiro atoms. The topological polar surface area (TPSA) is 52.6 Å². The molecule has 0 aromatic rings. The Morgan fingerprint density at radius 2 is 1.44 bits per heavy atom. The Balaban J connectivity index is 0. The summed E-state index contributed by atoms with van der Waals surface area (Å²) in [5.41, 5.74) is -0.665. The normalized spacial score (nSPS) is 12.7. The molecule has 0 N–H and O–H groups in total. The molecule has 1 atom stereocenters. The standard InChI is InChI=1S/C25H49NO4S.BrH/c1-7-26(5,6)18-19-29-24(28)22(2)21-25(3,4)30-23(27)17-15-13-11-9-8-10-12-14-16-20-31;/h22H,7-21H2,1-6H3;1H. The minimum absolute atomic E-state index is 0. The van der Waals surface area contributed by atoms with Crippen LogP contribution in [0.1, 0.15) is 98.3 Å². The minimum atomic E-state index is -0.665. The molecule has 1 unspecified atom stereocenters. The monoisotopic (exact) mass is 539 g/mol. The lowest BCUT2D eigenvalue weighted by molar-refractivity contribution is -0.888. The van der Waals surface area contributed by atoms with E-state index in [9.17, 15) is 9.59 Å². The predicted octanol–water partition coefficient (Wildman–Crippen LogP) is 2.81. The van der Waals surface area contributed by atoms with Gasteiger partial charge in [0.15, 0.2) is 0 Å². The SMILES string of the molecule is CC[N+](C)(C)CCOC(=O)C(C)CC(C)(C)OC(=O)CCCCCCCCCCCS.[Br-]. The fraction of sp³-hybridized carbons (Fsp3) is 0.920. The molecular formula is C25H50BrNO4S. The number of quaternary nitrogens is 1. The number of likely N-dealkylation sites (N-methyl/N-ethyl adjacent to an activating group) is 1. The van der Waals surface area contributed by atoms with E-state index in [0.717, 1.165) is 36.2 Å². The number of carbonyl (C=O) groups excluding carboxylic acids is 2. The molecule has 0 aromatic heterocycles. The highest BCUT2D eigenvalue weighted by atomic mass is 79.9.